The Morgan fingerprint density at radius 1 is 0.741 bits per heavy atom. The number of rotatable bonds is 7. The highest BCUT2D eigenvalue weighted by atomic mass is 16.7. The Bertz CT molecular complexity index is 599. The van der Waals surface area contributed by atoms with Gasteiger partial charge in [0.05, 0.1) is 0 Å². The molecule has 10 nitrogen and oxygen atoms in total. The Hall–Kier alpha value is -2.49. The molecule has 1 fully saturated rings. The van der Waals surface area contributed by atoms with Gasteiger partial charge in [-0.2, -0.15) is 0 Å². The van der Waals surface area contributed by atoms with E-state index in [2.05, 4.69) is 0 Å². The molecule has 1 aliphatic rings. The lowest BCUT2D eigenvalue weighted by Gasteiger charge is -2.43. The maximum absolute atomic E-state index is 12.3. The average molecular weight is 388 g/mol. The fourth-order valence-electron chi connectivity index (χ4n) is 2.69. The highest BCUT2D eigenvalue weighted by molar-refractivity contribution is 5.84. The molecule has 27 heavy (non-hydrogen) atoms. The van der Waals surface area contributed by atoms with Gasteiger partial charge in [0.15, 0.2) is 30.2 Å². The van der Waals surface area contributed by atoms with E-state index in [-0.39, 0.29) is 13.0 Å². The minimum absolute atomic E-state index is 0.0493. The lowest BCUT2D eigenvalue weighted by molar-refractivity contribution is -0.248. The molecule has 152 valence electrons. The molecule has 1 aliphatic heterocycles. The van der Waals surface area contributed by atoms with Gasteiger partial charge in [-0.15, -0.1) is 0 Å². The second kappa shape index (κ2) is 10.0. The van der Waals surface area contributed by atoms with E-state index in [1.165, 1.54) is 6.92 Å². The third-order valence-corrected chi connectivity index (χ3v) is 3.66. The van der Waals surface area contributed by atoms with Gasteiger partial charge in [-0.05, 0) is 0 Å². The van der Waals surface area contributed by atoms with Crippen LogP contribution in [-0.4, -0.2) is 66.8 Å². The van der Waals surface area contributed by atoms with Crippen molar-refractivity contribution in [2.75, 3.05) is 6.61 Å². The van der Waals surface area contributed by atoms with Crippen molar-refractivity contribution in [2.24, 2.45) is 0 Å². The van der Waals surface area contributed by atoms with Gasteiger partial charge in [0.1, 0.15) is 12.7 Å². The normalized spacial score (nSPS) is 27.2. The van der Waals surface area contributed by atoms with Crippen molar-refractivity contribution < 1.29 is 47.7 Å². The summed E-state index contributed by atoms with van der Waals surface area (Å²) in [5, 5.41) is 0. The molecule has 5 atom stereocenters. The lowest BCUT2D eigenvalue weighted by atomic mass is 9.91. The molecular weight excluding hydrogens is 364 g/mol. The zero-order valence-corrected chi connectivity index (χ0v) is 15.9. The van der Waals surface area contributed by atoms with Crippen LogP contribution in [0.4, 0.5) is 0 Å². The minimum atomic E-state index is -1.32. The molecule has 0 spiro atoms. The van der Waals surface area contributed by atoms with Crippen LogP contribution in [0.2, 0.25) is 0 Å². The maximum atomic E-state index is 12.3. The third-order valence-electron chi connectivity index (χ3n) is 3.66. The van der Waals surface area contributed by atoms with Gasteiger partial charge in [0, 0.05) is 34.1 Å². The number of esters is 4. The highest BCUT2D eigenvalue weighted by Gasteiger charge is 2.53. The largest absolute Gasteiger partial charge is 0.463 e. The van der Waals surface area contributed by atoms with E-state index in [4.69, 9.17) is 23.7 Å². The second-order valence-corrected chi connectivity index (χ2v) is 5.94. The minimum Gasteiger partial charge on any atom is -0.463 e. The molecule has 0 aromatic rings. The lowest BCUT2D eigenvalue weighted by Crippen LogP contribution is -2.64. The number of carbonyl (C=O) groups is 5. The fraction of sp³-hybridized carbons (Fsp3) is 0.706. The molecule has 0 aromatic carbocycles. The van der Waals surface area contributed by atoms with Gasteiger partial charge in [0.2, 0.25) is 0 Å². The number of hydrogen-bond acceptors (Lipinski definition) is 10. The molecule has 1 saturated heterocycles. The van der Waals surface area contributed by atoms with Crippen LogP contribution < -0.4 is 0 Å². The smallest absolute Gasteiger partial charge is 0.303 e. The SMILES string of the molecule is CCC(=O)[C@H]1O[C@H](COC(C)=O)[C@@H](OC(C)=O)[C@H](OC(C)=O)[C@H]1OC(C)=O. The Morgan fingerprint density at radius 3 is 1.67 bits per heavy atom. The molecule has 0 unspecified atom stereocenters. The summed E-state index contributed by atoms with van der Waals surface area (Å²) in [6.07, 6.45) is -6.23. The first-order valence-corrected chi connectivity index (χ1v) is 8.40. The van der Waals surface area contributed by atoms with Gasteiger partial charge >= 0.3 is 23.9 Å². The van der Waals surface area contributed by atoms with E-state index < -0.39 is 60.2 Å². The highest BCUT2D eigenvalue weighted by Crippen LogP contribution is 2.30. The van der Waals surface area contributed by atoms with Gasteiger partial charge in [-0.1, -0.05) is 6.92 Å². The van der Waals surface area contributed by atoms with Crippen LogP contribution in [0, 0.1) is 0 Å². The molecule has 0 amide bonds. The summed E-state index contributed by atoms with van der Waals surface area (Å²) in [5.41, 5.74) is 0. The van der Waals surface area contributed by atoms with E-state index >= 15 is 0 Å². The molecule has 1 rings (SSSR count). The standard InChI is InChI=1S/C17H24O10/c1-6-12(22)14-16(25-10(4)20)17(26-11(5)21)15(24-9(3)19)13(27-14)7-23-8(2)18/h13-17H,6-7H2,1-5H3/t13-,14-,15-,16+,17+/m1/s1. The Balaban J connectivity index is 3.33. The molecule has 10 heteroatoms. The van der Waals surface area contributed by atoms with E-state index in [1.54, 1.807) is 6.92 Å². The number of carbonyl (C=O) groups excluding carboxylic acids is 5. The molecule has 0 N–H and O–H groups in total. The van der Waals surface area contributed by atoms with Crippen molar-refractivity contribution in [3.05, 3.63) is 0 Å². The van der Waals surface area contributed by atoms with Gasteiger partial charge in [-0.25, -0.2) is 0 Å². The van der Waals surface area contributed by atoms with E-state index in [0.717, 1.165) is 20.8 Å². The van der Waals surface area contributed by atoms with Crippen molar-refractivity contribution >= 4 is 29.7 Å². The number of ether oxygens (including phenoxy) is 5. The fourth-order valence-corrected chi connectivity index (χ4v) is 2.69. The summed E-state index contributed by atoms with van der Waals surface area (Å²) < 4.78 is 26.1. The number of Topliss-reactive ketones (excluding diaryl/α,β-unsaturated/α-hetero) is 1. The molecule has 0 radical (unpaired) electrons. The zero-order valence-electron chi connectivity index (χ0n) is 15.9. The first kappa shape index (κ1) is 22.6. The summed E-state index contributed by atoms with van der Waals surface area (Å²) in [7, 11) is 0. The summed E-state index contributed by atoms with van der Waals surface area (Å²) in [6.45, 7) is 5.75. The quantitative estimate of drug-likeness (QED) is 0.436. The third kappa shape index (κ3) is 6.63. The van der Waals surface area contributed by atoms with Crippen LogP contribution in [0.3, 0.4) is 0 Å². The van der Waals surface area contributed by atoms with Crippen molar-refractivity contribution in [2.45, 2.75) is 71.6 Å². The van der Waals surface area contributed by atoms with Crippen molar-refractivity contribution in [1.29, 1.82) is 0 Å². The Labute approximate surface area is 156 Å². The van der Waals surface area contributed by atoms with Crippen LogP contribution in [0.25, 0.3) is 0 Å². The van der Waals surface area contributed by atoms with E-state index in [9.17, 15) is 24.0 Å². The Kier molecular flexibility index (Phi) is 8.35. The molecule has 0 saturated carbocycles. The summed E-state index contributed by atoms with van der Waals surface area (Å²) >= 11 is 0. The van der Waals surface area contributed by atoms with Crippen molar-refractivity contribution in [3.63, 3.8) is 0 Å². The van der Waals surface area contributed by atoms with Gasteiger partial charge < -0.3 is 23.7 Å². The second-order valence-electron chi connectivity index (χ2n) is 5.94. The van der Waals surface area contributed by atoms with Crippen LogP contribution in [-0.2, 0) is 47.7 Å². The van der Waals surface area contributed by atoms with Gasteiger partial charge in [0.25, 0.3) is 0 Å². The molecule has 0 aromatic heterocycles. The van der Waals surface area contributed by atoms with E-state index in [0.29, 0.717) is 0 Å². The predicted octanol–water partition coefficient (Wildman–Crippen LogP) is 0.0911. The van der Waals surface area contributed by atoms with E-state index in [1.807, 2.05) is 0 Å². The first-order valence-electron chi connectivity index (χ1n) is 8.40. The van der Waals surface area contributed by atoms with Crippen LogP contribution >= 0.6 is 0 Å². The van der Waals surface area contributed by atoms with Crippen LogP contribution in [0.5, 0.6) is 0 Å². The number of hydrogen-bond donors (Lipinski definition) is 0. The molecule has 0 bridgehead atoms. The topological polar surface area (TPSA) is 132 Å². The van der Waals surface area contributed by atoms with Crippen LogP contribution in [0.15, 0.2) is 0 Å². The maximum Gasteiger partial charge on any atom is 0.303 e. The van der Waals surface area contributed by atoms with Crippen LogP contribution in [0.1, 0.15) is 41.0 Å². The summed E-state index contributed by atoms with van der Waals surface area (Å²) in [5.74, 6) is -3.26. The molecular formula is C17H24O10. The summed E-state index contributed by atoms with van der Waals surface area (Å²) in [6, 6.07) is 0. The van der Waals surface area contributed by atoms with Crippen molar-refractivity contribution in [1.82, 2.24) is 0 Å². The molecule has 0 aliphatic carbocycles. The zero-order chi connectivity index (χ0) is 20.7. The first-order chi connectivity index (χ1) is 12.6. The monoisotopic (exact) mass is 388 g/mol. The number of ketones is 1. The predicted molar refractivity (Wildman–Crippen MR) is 87.3 cm³/mol. The Morgan fingerprint density at radius 2 is 1.22 bits per heavy atom. The van der Waals surface area contributed by atoms with Gasteiger partial charge in [-0.3, -0.25) is 24.0 Å². The average Bonchev–Trinajstić information content (AvgIpc) is 2.54. The van der Waals surface area contributed by atoms with Crippen molar-refractivity contribution in [3.8, 4) is 0 Å². The molecule has 1 heterocycles. The summed E-state index contributed by atoms with van der Waals surface area (Å²) in [4.78, 5) is 58.1.